The molecule has 4 nitrogen and oxygen atoms in total. The average Bonchev–Trinajstić information content (AvgIpc) is 2.53. The quantitative estimate of drug-likeness (QED) is 0.790. The van der Waals surface area contributed by atoms with Crippen LogP contribution in [0.4, 0.5) is 0 Å². The van der Waals surface area contributed by atoms with Crippen LogP contribution in [-0.2, 0) is 13.0 Å². The van der Waals surface area contributed by atoms with Crippen LogP contribution in [0.5, 0.6) is 11.5 Å². The van der Waals surface area contributed by atoms with E-state index < -0.39 is 7.12 Å². The van der Waals surface area contributed by atoms with Gasteiger partial charge >= 0.3 is 7.12 Å². The fourth-order valence-corrected chi connectivity index (χ4v) is 2.00. The Kier molecular flexibility index (Phi) is 5.25. The lowest BCUT2D eigenvalue weighted by molar-refractivity contribution is 0.284. The van der Waals surface area contributed by atoms with E-state index >= 15 is 0 Å². The molecule has 0 aliphatic heterocycles. The van der Waals surface area contributed by atoms with Crippen molar-refractivity contribution < 1.29 is 19.5 Å². The number of hydrogen-bond acceptors (Lipinski definition) is 4. The molecular weight excluding hydrogens is 267 g/mol. The molecule has 0 atom stereocenters. The minimum absolute atomic E-state index is 0.392. The van der Waals surface area contributed by atoms with Crippen molar-refractivity contribution >= 4 is 12.6 Å². The van der Waals surface area contributed by atoms with Crippen molar-refractivity contribution in [2.75, 3.05) is 7.11 Å². The Morgan fingerprint density at radius 3 is 2.19 bits per heavy atom. The second kappa shape index (κ2) is 7.15. The maximum absolute atomic E-state index is 9.05. The van der Waals surface area contributed by atoms with E-state index in [1.165, 1.54) is 5.56 Å². The first-order valence-corrected chi connectivity index (χ1v) is 6.88. The van der Waals surface area contributed by atoms with Crippen LogP contribution in [0.2, 0.25) is 0 Å². The van der Waals surface area contributed by atoms with Gasteiger partial charge in [0, 0.05) is 0 Å². The molecule has 0 amide bonds. The Labute approximate surface area is 125 Å². The van der Waals surface area contributed by atoms with Crippen molar-refractivity contribution in [1.29, 1.82) is 0 Å². The van der Waals surface area contributed by atoms with Crippen LogP contribution in [-0.4, -0.2) is 24.3 Å². The Morgan fingerprint density at radius 2 is 1.62 bits per heavy atom. The summed E-state index contributed by atoms with van der Waals surface area (Å²) < 4.78 is 11.1. The molecule has 2 rings (SSSR count). The van der Waals surface area contributed by atoms with Gasteiger partial charge in [0.05, 0.1) is 7.11 Å². The largest absolute Gasteiger partial charge is 0.493 e. The van der Waals surface area contributed by atoms with Gasteiger partial charge in [-0.15, -0.1) is 0 Å². The molecular formula is C16H19BO4. The van der Waals surface area contributed by atoms with E-state index in [0.717, 1.165) is 17.7 Å². The Hall–Kier alpha value is -1.98. The van der Waals surface area contributed by atoms with E-state index in [-0.39, 0.29) is 0 Å². The van der Waals surface area contributed by atoms with Crippen molar-refractivity contribution in [2.24, 2.45) is 0 Å². The molecule has 0 saturated heterocycles. The lowest BCUT2D eigenvalue weighted by atomic mass is 9.80. The minimum Gasteiger partial charge on any atom is -0.493 e. The molecule has 2 N–H and O–H groups in total. The van der Waals surface area contributed by atoms with Gasteiger partial charge in [-0.1, -0.05) is 37.3 Å². The number of ether oxygens (including phenoxy) is 2. The summed E-state index contributed by atoms with van der Waals surface area (Å²) in [5.74, 6) is 1.41. The van der Waals surface area contributed by atoms with Crippen LogP contribution < -0.4 is 14.9 Å². The molecule has 0 fully saturated rings. The van der Waals surface area contributed by atoms with Crippen LogP contribution in [0.25, 0.3) is 0 Å². The first kappa shape index (κ1) is 15.4. The lowest BCUT2D eigenvalue weighted by Crippen LogP contribution is -2.29. The SMILES string of the molecule is CCc1ccc(OCc2ccc(B(O)O)cc2)c(OC)c1. The van der Waals surface area contributed by atoms with E-state index in [1.807, 2.05) is 30.3 Å². The summed E-state index contributed by atoms with van der Waals surface area (Å²) in [5, 5.41) is 18.1. The molecule has 0 aromatic heterocycles. The zero-order chi connectivity index (χ0) is 15.2. The summed E-state index contributed by atoms with van der Waals surface area (Å²) in [6, 6.07) is 12.8. The van der Waals surface area contributed by atoms with Crippen molar-refractivity contribution in [3.8, 4) is 11.5 Å². The summed E-state index contributed by atoms with van der Waals surface area (Å²) in [7, 11) is 0.181. The fourth-order valence-electron chi connectivity index (χ4n) is 2.00. The van der Waals surface area contributed by atoms with Gasteiger partial charge in [0.2, 0.25) is 0 Å². The highest BCUT2D eigenvalue weighted by Crippen LogP contribution is 2.28. The molecule has 0 aliphatic carbocycles. The molecule has 2 aromatic carbocycles. The Morgan fingerprint density at radius 1 is 0.952 bits per heavy atom. The molecule has 0 unspecified atom stereocenters. The summed E-state index contributed by atoms with van der Waals surface area (Å²) >= 11 is 0. The molecule has 5 heteroatoms. The van der Waals surface area contributed by atoms with Gasteiger partial charge in [-0.2, -0.15) is 0 Å². The highest BCUT2D eigenvalue weighted by Gasteiger charge is 2.10. The topological polar surface area (TPSA) is 58.9 Å². The third-order valence-corrected chi connectivity index (χ3v) is 3.31. The van der Waals surface area contributed by atoms with Crippen LogP contribution in [0.1, 0.15) is 18.1 Å². The van der Waals surface area contributed by atoms with Gasteiger partial charge < -0.3 is 19.5 Å². The minimum atomic E-state index is -1.44. The van der Waals surface area contributed by atoms with Gasteiger partial charge in [-0.05, 0) is 35.1 Å². The van der Waals surface area contributed by atoms with Crippen molar-refractivity contribution in [3.05, 3.63) is 53.6 Å². The maximum Gasteiger partial charge on any atom is 0.488 e. The lowest BCUT2D eigenvalue weighted by Gasteiger charge is -2.12. The number of aryl methyl sites for hydroxylation is 1. The molecule has 0 saturated carbocycles. The van der Waals surface area contributed by atoms with E-state index in [9.17, 15) is 0 Å². The second-order valence-corrected chi connectivity index (χ2v) is 4.74. The zero-order valence-corrected chi connectivity index (χ0v) is 12.2. The van der Waals surface area contributed by atoms with Crippen molar-refractivity contribution in [3.63, 3.8) is 0 Å². The summed E-state index contributed by atoms with van der Waals surface area (Å²) in [6.45, 7) is 2.48. The first-order chi connectivity index (χ1) is 10.1. The van der Waals surface area contributed by atoms with Gasteiger partial charge in [0.25, 0.3) is 0 Å². The Bertz CT molecular complexity index is 581. The van der Waals surface area contributed by atoms with E-state index in [1.54, 1.807) is 19.2 Å². The maximum atomic E-state index is 9.05. The third kappa shape index (κ3) is 4.00. The van der Waals surface area contributed by atoms with Crippen LogP contribution in [0.3, 0.4) is 0 Å². The highest BCUT2D eigenvalue weighted by molar-refractivity contribution is 6.58. The van der Waals surface area contributed by atoms with Crippen LogP contribution in [0.15, 0.2) is 42.5 Å². The van der Waals surface area contributed by atoms with E-state index in [2.05, 4.69) is 6.92 Å². The molecule has 0 heterocycles. The molecule has 110 valence electrons. The molecule has 0 radical (unpaired) electrons. The van der Waals surface area contributed by atoms with E-state index in [4.69, 9.17) is 19.5 Å². The smallest absolute Gasteiger partial charge is 0.488 e. The van der Waals surface area contributed by atoms with E-state index in [0.29, 0.717) is 17.8 Å². The molecule has 0 spiro atoms. The number of benzene rings is 2. The Balaban J connectivity index is 2.05. The molecule has 21 heavy (non-hydrogen) atoms. The van der Waals surface area contributed by atoms with Crippen molar-refractivity contribution in [1.82, 2.24) is 0 Å². The zero-order valence-electron chi connectivity index (χ0n) is 12.2. The molecule has 0 bridgehead atoms. The molecule has 2 aromatic rings. The van der Waals surface area contributed by atoms with Gasteiger partial charge in [-0.25, -0.2) is 0 Å². The average molecular weight is 286 g/mol. The predicted octanol–water partition coefficient (Wildman–Crippen LogP) is 1.52. The first-order valence-electron chi connectivity index (χ1n) is 6.88. The monoisotopic (exact) mass is 286 g/mol. The number of rotatable bonds is 6. The van der Waals surface area contributed by atoms with Crippen LogP contribution in [0, 0.1) is 0 Å². The fraction of sp³-hybridized carbons (Fsp3) is 0.250. The standard InChI is InChI=1S/C16H19BO4/c1-3-12-6-9-15(16(10-12)20-2)21-11-13-4-7-14(8-5-13)17(18)19/h4-10,18-19H,3,11H2,1-2H3. The normalized spacial score (nSPS) is 10.3. The van der Waals surface area contributed by atoms with Gasteiger partial charge in [0.15, 0.2) is 11.5 Å². The third-order valence-electron chi connectivity index (χ3n) is 3.31. The summed E-state index contributed by atoms with van der Waals surface area (Å²) in [4.78, 5) is 0. The number of methoxy groups -OCH3 is 1. The van der Waals surface area contributed by atoms with Gasteiger partial charge in [-0.3, -0.25) is 0 Å². The predicted molar refractivity (Wildman–Crippen MR) is 83.0 cm³/mol. The number of hydrogen-bond donors (Lipinski definition) is 2. The van der Waals surface area contributed by atoms with Crippen molar-refractivity contribution in [2.45, 2.75) is 20.0 Å². The summed E-state index contributed by atoms with van der Waals surface area (Å²) in [6.07, 6.45) is 0.946. The highest BCUT2D eigenvalue weighted by atomic mass is 16.5. The molecule has 0 aliphatic rings. The second-order valence-electron chi connectivity index (χ2n) is 4.74. The van der Waals surface area contributed by atoms with Gasteiger partial charge in [0.1, 0.15) is 6.61 Å². The van der Waals surface area contributed by atoms with Crippen LogP contribution >= 0.6 is 0 Å². The summed E-state index contributed by atoms with van der Waals surface area (Å²) in [5.41, 5.74) is 2.60.